The van der Waals surface area contributed by atoms with Gasteiger partial charge in [0.15, 0.2) is 0 Å². The lowest BCUT2D eigenvalue weighted by Crippen LogP contribution is -2.49. The number of hydrogen-bond acceptors (Lipinski definition) is 3. The number of hydrogen-bond donors (Lipinski definition) is 1. The second kappa shape index (κ2) is 5.08. The number of carbonyl (C=O) groups is 1. The van der Waals surface area contributed by atoms with Gasteiger partial charge in [-0.1, -0.05) is 6.92 Å². The van der Waals surface area contributed by atoms with E-state index in [0.717, 1.165) is 32.1 Å². The Morgan fingerprint density at radius 1 is 1.32 bits per heavy atom. The van der Waals surface area contributed by atoms with Crippen LogP contribution in [0.3, 0.4) is 0 Å². The Labute approximate surface area is 116 Å². The van der Waals surface area contributed by atoms with Crippen molar-refractivity contribution in [2.75, 3.05) is 0 Å². The summed E-state index contributed by atoms with van der Waals surface area (Å²) in [6, 6.07) is 0. The molecule has 19 heavy (non-hydrogen) atoms. The van der Waals surface area contributed by atoms with Crippen LogP contribution in [0.1, 0.15) is 66.2 Å². The first-order chi connectivity index (χ1) is 8.72. The highest BCUT2D eigenvalue weighted by Gasteiger charge is 2.49. The quantitative estimate of drug-likeness (QED) is 0.782. The van der Waals surface area contributed by atoms with Crippen molar-refractivity contribution in [1.82, 2.24) is 0 Å². The van der Waals surface area contributed by atoms with Crippen LogP contribution in [0.4, 0.5) is 0 Å². The molecule has 3 heteroatoms. The zero-order chi connectivity index (χ0) is 14.3. The monoisotopic (exact) mass is 268 g/mol. The number of rotatable bonds is 2. The van der Waals surface area contributed by atoms with Gasteiger partial charge in [0, 0.05) is 12.8 Å². The van der Waals surface area contributed by atoms with Gasteiger partial charge < -0.3 is 9.84 Å². The molecular formula is C16H28O3. The van der Waals surface area contributed by atoms with Crippen molar-refractivity contribution in [3.05, 3.63) is 0 Å². The summed E-state index contributed by atoms with van der Waals surface area (Å²) in [5, 5.41) is 10.3. The van der Waals surface area contributed by atoms with Crippen molar-refractivity contribution < 1.29 is 14.6 Å². The smallest absolute Gasteiger partial charge is 0.302 e. The Hall–Kier alpha value is -0.570. The lowest BCUT2D eigenvalue weighted by Gasteiger charge is -2.52. The van der Waals surface area contributed by atoms with E-state index >= 15 is 0 Å². The molecule has 0 aromatic rings. The fourth-order valence-electron chi connectivity index (χ4n) is 4.21. The Morgan fingerprint density at radius 3 is 2.58 bits per heavy atom. The highest BCUT2D eigenvalue weighted by atomic mass is 16.5. The molecule has 0 heterocycles. The molecule has 2 aliphatic carbocycles. The number of esters is 1. The minimum Gasteiger partial charge on any atom is -0.462 e. The normalized spacial score (nSPS) is 39.5. The predicted octanol–water partition coefficient (Wildman–Crippen LogP) is 3.30. The van der Waals surface area contributed by atoms with Crippen molar-refractivity contribution in [2.45, 2.75) is 77.9 Å². The topological polar surface area (TPSA) is 46.5 Å². The molecule has 0 spiro atoms. The fourth-order valence-corrected chi connectivity index (χ4v) is 4.21. The minimum atomic E-state index is -0.625. The van der Waals surface area contributed by atoms with Gasteiger partial charge >= 0.3 is 5.97 Å². The Bertz CT molecular complexity index is 344. The number of carbonyl (C=O) groups excluding carboxylic acids is 1. The first-order valence-corrected chi connectivity index (χ1v) is 7.62. The molecule has 0 amide bonds. The Balaban J connectivity index is 2.15. The van der Waals surface area contributed by atoms with Crippen LogP contribution in [-0.2, 0) is 9.53 Å². The van der Waals surface area contributed by atoms with Gasteiger partial charge in [0.2, 0.25) is 0 Å². The molecule has 2 fully saturated rings. The van der Waals surface area contributed by atoms with Crippen molar-refractivity contribution >= 4 is 5.97 Å². The van der Waals surface area contributed by atoms with E-state index in [0.29, 0.717) is 17.3 Å². The third kappa shape index (κ3) is 3.13. The van der Waals surface area contributed by atoms with Crippen LogP contribution in [-0.4, -0.2) is 22.8 Å². The summed E-state index contributed by atoms with van der Waals surface area (Å²) in [5.74, 6) is 0.566. The molecule has 0 saturated heterocycles. The van der Waals surface area contributed by atoms with Crippen molar-refractivity contribution in [3.8, 4) is 0 Å². The average Bonchev–Trinajstić information content (AvgIpc) is 2.26. The number of ether oxygens (including phenoxy) is 1. The zero-order valence-corrected chi connectivity index (χ0v) is 12.7. The number of aliphatic hydroxyl groups is 1. The highest BCUT2D eigenvalue weighted by Crippen LogP contribution is 2.54. The molecule has 110 valence electrons. The third-order valence-electron chi connectivity index (χ3n) is 5.50. The summed E-state index contributed by atoms with van der Waals surface area (Å²) in [5.41, 5.74) is -0.334. The Kier molecular flexibility index (Phi) is 3.97. The van der Waals surface area contributed by atoms with E-state index in [-0.39, 0.29) is 12.1 Å². The van der Waals surface area contributed by atoms with Crippen LogP contribution in [0.15, 0.2) is 0 Å². The van der Waals surface area contributed by atoms with Crippen LogP contribution in [0.2, 0.25) is 0 Å². The molecule has 4 atom stereocenters. The number of fused-ring (bicyclic) bond motifs is 1. The maximum Gasteiger partial charge on any atom is 0.302 e. The molecule has 0 aliphatic heterocycles. The third-order valence-corrected chi connectivity index (χ3v) is 5.50. The summed E-state index contributed by atoms with van der Waals surface area (Å²) in [7, 11) is 0. The van der Waals surface area contributed by atoms with Gasteiger partial charge in [0.1, 0.15) is 6.10 Å². The molecule has 1 N–H and O–H groups in total. The van der Waals surface area contributed by atoms with Gasteiger partial charge in [0.05, 0.1) is 5.60 Å². The average molecular weight is 268 g/mol. The lowest BCUT2D eigenvalue weighted by atomic mass is 9.55. The van der Waals surface area contributed by atoms with E-state index in [1.54, 1.807) is 0 Å². The second-order valence-electron chi connectivity index (χ2n) is 7.43. The van der Waals surface area contributed by atoms with Gasteiger partial charge in [-0.05, 0) is 63.7 Å². The van der Waals surface area contributed by atoms with Crippen LogP contribution >= 0.6 is 0 Å². The van der Waals surface area contributed by atoms with Crippen LogP contribution < -0.4 is 0 Å². The maximum atomic E-state index is 11.3. The molecule has 2 rings (SSSR count). The van der Waals surface area contributed by atoms with Gasteiger partial charge in [-0.25, -0.2) is 0 Å². The first-order valence-electron chi connectivity index (χ1n) is 7.62. The van der Waals surface area contributed by atoms with E-state index < -0.39 is 5.60 Å². The summed E-state index contributed by atoms with van der Waals surface area (Å²) >= 11 is 0. The molecule has 4 unspecified atom stereocenters. The lowest BCUT2D eigenvalue weighted by molar-refractivity contribution is -0.162. The van der Waals surface area contributed by atoms with Crippen LogP contribution in [0.5, 0.6) is 0 Å². The van der Waals surface area contributed by atoms with E-state index in [2.05, 4.69) is 6.92 Å². The predicted molar refractivity (Wildman–Crippen MR) is 74.6 cm³/mol. The molecule has 2 aliphatic rings. The van der Waals surface area contributed by atoms with Gasteiger partial charge in [0.25, 0.3) is 0 Å². The van der Waals surface area contributed by atoms with E-state index in [4.69, 9.17) is 4.74 Å². The zero-order valence-electron chi connectivity index (χ0n) is 12.7. The van der Waals surface area contributed by atoms with Crippen molar-refractivity contribution in [3.63, 3.8) is 0 Å². The van der Waals surface area contributed by atoms with E-state index in [1.165, 1.54) is 13.3 Å². The standard InChI is InChI=1S/C16H28O3/c1-11(17)19-14-6-5-8-16(4)9-7-12(10-13(14)16)15(2,3)18/h12-14,18H,5-10H2,1-4H3. The van der Waals surface area contributed by atoms with Gasteiger partial charge in [-0.2, -0.15) is 0 Å². The summed E-state index contributed by atoms with van der Waals surface area (Å²) in [4.78, 5) is 11.3. The first kappa shape index (κ1) is 14.8. The second-order valence-corrected chi connectivity index (χ2v) is 7.43. The molecule has 0 bridgehead atoms. The fraction of sp³-hybridized carbons (Fsp3) is 0.938. The summed E-state index contributed by atoms with van der Waals surface area (Å²) in [6.07, 6.45) is 6.64. The molecule has 0 aromatic carbocycles. The maximum absolute atomic E-state index is 11.3. The van der Waals surface area contributed by atoms with E-state index in [1.807, 2.05) is 13.8 Å². The highest BCUT2D eigenvalue weighted by molar-refractivity contribution is 5.66. The van der Waals surface area contributed by atoms with E-state index in [9.17, 15) is 9.90 Å². The van der Waals surface area contributed by atoms with Crippen molar-refractivity contribution in [1.29, 1.82) is 0 Å². The van der Waals surface area contributed by atoms with Crippen LogP contribution in [0, 0.1) is 17.3 Å². The SMILES string of the molecule is CC(=O)OC1CCCC2(C)CCC(C(C)(C)O)CC12. The molecule has 3 nitrogen and oxygen atoms in total. The Morgan fingerprint density at radius 2 is 2.00 bits per heavy atom. The minimum absolute atomic E-state index is 0.0569. The molecule has 0 aromatic heterocycles. The van der Waals surface area contributed by atoms with Gasteiger partial charge in [-0.15, -0.1) is 0 Å². The van der Waals surface area contributed by atoms with Gasteiger partial charge in [-0.3, -0.25) is 4.79 Å². The van der Waals surface area contributed by atoms with Crippen LogP contribution in [0.25, 0.3) is 0 Å². The van der Waals surface area contributed by atoms with Crippen molar-refractivity contribution in [2.24, 2.45) is 17.3 Å². The molecule has 2 saturated carbocycles. The summed E-state index contributed by atoms with van der Waals surface area (Å²) in [6.45, 7) is 7.66. The molecule has 0 radical (unpaired) electrons. The molecular weight excluding hydrogens is 240 g/mol. The summed E-state index contributed by atoms with van der Waals surface area (Å²) < 4.78 is 5.57. The largest absolute Gasteiger partial charge is 0.462 e.